The first-order chi connectivity index (χ1) is 14.6. The van der Waals surface area contributed by atoms with Crippen LogP contribution in [0.5, 0.6) is 5.75 Å². The van der Waals surface area contributed by atoms with Crippen molar-refractivity contribution in [2.45, 2.75) is 45.7 Å². The molecule has 1 fully saturated rings. The Labute approximate surface area is 179 Å². The van der Waals surface area contributed by atoms with Gasteiger partial charge in [-0.2, -0.15) is 0 Å². The van der Waals surface area contributed by atoms with E-state index in [1.165, 1.54) is 0 Å². The molecule has 1 amide bonds. The summed E-state index contributed by atoms with van der Waals surface area (Å²) in [4.78, 5) is 16.7. The number of anilines is 1. The van der Waals surface area contributed by atoms with Gasteiger partial charge in [0.05, 0.1) is 7.11 Å². The Bertz CT molecular complexity index is 889. The number of aliphatic imine (C=N–C) groups is 1. The topological polar surface area (TPSA) is 74.8 Å². The number of nitrogens with one attached hydrogen (secondary N) is 3. The maximum atomic E-state index is 12.4. The van der Waals surface area contributed by atoms with Crippen molar-refractivity contribution in [2.24, 2.45) is 10.9 Å². The van der Waals surface area contributed by atoms with Gasteiger partial charge < -0.3 is 20.7 Å². The van der Waals surface area contributed by atoms with Crippen LogP contribution in [0.2, 0.25) is 0 Å². The fraction of sp³-hybridized carbons (Fsp3) is 0.417. The largest absolute Gasteiger partial charge is 0.496 e. The number of aryl methyl sites for hydroxylation is 1. The molecule has 0 atom stereocenters. The van der Waals surface area contributed by atoms with E-state index < -0.39 is 0 Å². The number of ether oxygens (including phenoxy) is 1. The summed E-state index contributed by atoms with van der Waals surface area (Å²) in [5, 5.41) is 9.71. The summed E-state index contributed by atoms with van der Waals surface area (Å²) in [5.41, 5.74) is 4.16. The number of methoxy groups -OCH3 is 1. The molecule has 0 spiro atoms. The Morgan fingerprint density at radius 1 is 1.10 bits per heavy atom. The van der Waals surface area contributed by atoms with E-state index in [0.717, 1.165) is 53.8 Å². The fourth-order valence-electron chi connectivity index (χ4n) is 3.77. The van der Waals surface area contributed by atoms with Crippen LogP contribution in [0.3, 0.4) is 0 Å². The average Bonchev–Trinajstić information content (AvgIpc) is 3.30. The second-order valence-electron chi connectivity index (χ2n) is 7.77. The van der Waals surface area contributed by atoms with Gasteiger partial charge >= 0.3 is 0 Å². The van der Waals surface area contributed by atoms with Crippen LogP contribution in [-0.4, -0.2) is 26.0 Å². The summed E-state index contributed by atoms with van der Waals surface area (Å²) in [5.74, 6) is 1.87. The number of carbonyl (C=O) groups is 1. The van der Waals surface area contributed by atoms with Gasteiger partial charge in [0.1, 0.15) is 5.75 Å². The zero-order valence-electron chi connectivity index (χ0n) is 18.1. The summed E-state index contributed by atoms with van der Waals surface area (Å²) in [6.45, 7) is 3.27. The Kier molecular flexibility index (Phi) is 7.71. The van der Waals surface area contributed by atoms with Crippen LogP contribution in [0.4, 0.5) is 5.69 Å². The van der Waals surface area contributed by atoms with Crippen LogP contribution in [-0.2, 0) is 17.9 Å². The zero-order chi connectivity index (χ0) is 21.3. The lowest BCUT2D eigenvalue weighted by molar-refractivity contribution is -0.119. The van der Waals surface area contributed by atoms with Crippen LogP contribution in [0.25, 0.3) is 0 Å². The number of guanidine groups is 1. The van der Waals surface area contributed by atoms with Crippen molar-refractivity contribution in [3.8, 4) is 5.75 Å². The molecular weight excluding hydrogens is 376 g/mol. The second-order valence-corrected chi connectivity index (χ2v) is 7.77. The molecule has 0 bridgehead atoms. The summed E-state index contributed by atoms with van der Waals surface area (Å²) in [6, 6.07) is 14.1. The third-order valence-electron chi connectivity index (χ3n) is 5.49. The summed E-state index contributed by atoms with van der Waals surface area (Å²) >= 11 is 0. The number of nitrogens with zero attached hydrogens (tertiary/aromatic N) is 1. The highest BCUT2D eigenvalue weighted by atomic mass is 16.5. The van der Waals surface area contributed by atoms with E-state index in [1.807, 2.05) is 37.3 Å². The molecule has 2 aromatic carbocycles. The van der Waals surface area contributed by atoms with E-state index in [2.05, 4.69) is 33.1 Å². The van der Waals surface area contributed by atoms with Crippen LogP contribution in [0, 0.1) is 12.8 Å². The lowest BCUT2D eigenvalue weighted by Gasteiger charge is -2.15. The van der Waals surface area contributed by atoms with Crippen LogP contribution in [0.1, 0.15) is 42.4 Å². The minimum atomic E-state index is 0.141. The predicted molar refractivity (Wildman–Crippen MR) is 122 cm³/mol. The van der Waals surface area contributed by atoms with Crippen LogP contribution < -0.4 is 20.7 Å². The molecule has 0 radical (unpaired) electrons. The van der Waals surface area contributed by atoms with Crippen molar-refractivity contribution >= 4 is 17.6 Å². The molecule has 2 aromatic rings. The molecule has 0 saturated heterocycles. The first-order valence-electron chi connectivity index (χ1n) is 10.6. The molecule has 0 heterocycles. The smallest absolute Gasteiger partial charge is 0.227 e. The van der Waals surface area contributed by atoms with Gasteiger partial charge in [0.2, 0.25) is 5.91 Å². The van der Waals surface area contributed by atoms with Crippen LogP contribution >= 0.6 is 0 Å². The highest BCUT2D eigenvalue weighted by Crippen LogP contribution is 2.26. The van der Waals surface area contributed by atoms with Gasteiger partial charge in [-0.1, -0.05) is 37.1 Å². The van der Waals surface area contributed by atoms with Crippen LogP contribution in [0.15, 0.2) is 47.5 Å². The van der Waals surface area contributed by atoms with E-state index >= 15 is 0 Å². The number of hydrogen-bond acceptors (Lipinski definition) is 3. The zero-order valence-corrected chi connectivity index (χ0v) is 18.1. The van der Waals surface area contributed by atoms with E-state index in [0.29, 0.717) is 19.0 Å². The van der Waals surface area contributed by atoms with Crippen molar-refractivity contribution < 1.29 is 9.53 Å². The molecule has 1 saturated carbocycles. The normalized spacial score (nSPS) is 14.4. The number of amides is 1. The number of hydrogen-bond donors (Lipinski definition) is 3. The summed E-state index contributed by atoms with van der Waals surface area (Å²) in [7, 11) is 3.43. The van der Waals surface area contributed by atoms with E-state index in [1.54, 1.807) is 14.2 Å². The van der Waals surface area contributed by atoms with Gasteiger partial charge in [-0.15, -0.1) is 0 Å². The molecule has 160 valence electrons. The molecule has 3 N–H and O–H groups in total. The van der Waals surface area contributed by atoms with Gasteiger partial charge in [0.15, 0.2) is 5.96 Å². The van der Waals surface area contributed by atoms with E-state index in [9.17, 15) is 4.79 Å². The Morgan fingerprint density at radius 3 is 2.60 bits per heavy atom. The van der Waals surface area contributed by atoms with Gasteiger partial charge in [0, 0.05) is 37.3 Å². The molecule has 0 aliphatic heterocycles. The molecule has 6 nitrogen and oxygen atoms in total. The highest BCUT2D eigenvalue weighted by molar-refractivity contribution is 5.92. The Hall–Kier alpha value is -3.02. The van der Waals surface area contributed by atoms with Gasteiger partial charge in [-0.25, -0.2) is 0 Å². The van der Waals surface area contributed by atoms with E-state index in [-0.39, 0.29) is 11.8 Å². The molecule has 0 unspecified atom stereocenters. The van der Waals surface area contributed by atoms with Crippen molar-refractivity contribution in [1.82, 2.24) is 10.6 Å². The van der Waals surface area contributed by atoms with Crippen molar-refractivity contribution in [3.63, 3.8) is 0 Å². The number of rotatable bonds is 7. The second kappa shape index (κ2) is 10.7. The Balaban J connectivity index is 1.53. The maximum absolute atomic E-state index is 12.4. The molecule has 6 heteroatoms. The van der Waals surface area contributed by atoms with Gasteiger partial charge in [-0.3, -0.25) is 9.79 Å². The van der Waals surface area contributed by atoms with E-state index in [4.69, 9.17) is 4.74 Å². The monoisotopic (exact) mass is 408 g/mol. The van der Waals surface area contributed by atoms with Gasteiger partial charge in [-0.05, 0) is 49.1 Å². The maximum Gasteiger partial charge on any atom is 0.227 e. The first-order valence-corrected chi connectivity index (χ1v) is 10.6. The lowest BCUT2D eigenvalue weighted by atomic mass is 10.1. The molecular formula is C24H32N4O2. The highest BCUT2D eigenvalue weighted by Gasteiger charge is 2.22. The van der Waals surface area contributed by atoms with Gasteiger partial charge in [0.25, 0.3) is 0 Å². The SMILES string of the molecule is CN=C(NCc1cccc(NC(=O)C2CCCC2)c1)NCc1ccc(C)cc1OC. The minimum absolute atomic E-state index is 0.141. The number of benzene rings is 2. The molecule has 3 rings (SSSR count). The predicted octanol–water partition coefficient (Wildman–Crippen LogP) is 4.00. The standard InChI is InChI=1S/C24H32N4O2/c1-17-11-12-20(22(13-17)30-3)16-27-24(25-2)26-15-18-7-6-10-21(14-18)28-23(29)19-8-4-5-9-19/h6-7,10-14,19H,4-5,8-9,15-16H2,1-3H3,(H,28,29)(H2,25,26,27). The Morgan fingerprint density at radius 2 is 1.87 bits per heavy atom. The molecule has 30 heavy (non-hydrogen) atoms. The molecule has 1 aliphatic carbocycles. The third-order valence-corrected chi connectivity index (χ3v) is 5.49. The average molecular weight is 409 g/mol. The quantitative estimate of drug-likeness (QED) is 0.478. The first kappa shape index (κ1) is 21.7. The third kappa shape index (κ3) is 5.99. The number of carbonyl (C=O) groups excluding carboxylic acids is 1. The van der Waals surface area contributed by atoms with Crippen molar-refractivity contribution in [1.29, 1.82) is 0 Å². The molecule has 1 aliphatic rings. The minimum Gasteiger partial charge on any atom is -0.496 e. The molecule has 0 aromatic heterocycles. The lowest BCUT2D eigenvalue weighted by Crippen LogP contribution is -2.36. The fourth-order valence-corrected chi connectivity index (χ4v) is 3.77. The van der Waals surface area contributed by atoms with Crippen molar-refractivity contribution in [3.05, 3.63) is 59.2 Å². The van der Waals surface area contributed by atoms with Crippen molar-refractivity contribution in [2.75, 3.05) is 19.5 Å². The summed E-state index contributed by atoms with van der Waals surface area (Å²) in [6.07, 6.45) is 4.31. The summed E-state index contributed by atoms with van der Waals surface area (Å²) < 4.78 is 5.47.